The molecule has 2 aromatic carbocycles. The molecule has 2 aromatic rings. The first-order chi connectivity index (χ1) is 13.4. The van der Waals surface area contributed by atoms with Crippen LogP contribution in [0.15, 0.2) is 53.4 Å². The molecule has 2 rings (SSSR count). The second kappa shape index (κ2) is 10.1. The lowest BCUT2D eigenvalue weighted by atomic mass is 10.2. The minimum absolute atomic E-state index is 0.00104. The van der Waals surface area contributed by atoms with E-state index in [4.69, 9.17) is 4.74 Å². The minimum atomic E-state index is -0.743. The molecule has 2 amide bonds. The van der Waals surface area contributed by atoms with E-state index in [1.54, 1.807) is 0 Å². The number of amides is 2. The third-order valence-electron chi connectivity index (χ3n) is 3.44. The molecule has 0 aliphatic carbocycles. The van der Waals surface area contributed by atoms with Gasteiger partial charge in [-0.25, -0.2) is 0 Å². The van der Waals surface area contributed by atoms with Crippen LogP contribution in [-0.4, -0.2) is 35.1 Å². The Labute approximate surface area is 164 Å². The van der Waals surface area contributed by atoms with E-state index in [1.807, 2.05) is 31.2 Å². The van der Waals surface area contributed by atoms with Crippen molar-refractivity contribution in [3.05, 3.63) is 69.8 Å². The van der Waals surface area contributed by atoms with E-state index in [0.717, 1.165) is 16.5 Å². The van der Waals surface area contributed by atoms with Gasteiger partial charge in [-0.15, -0.1) is 11.8 Å². The van der Waals surface area contributed by atoms with E-state index >= 15 is 0 Å². The topological polar surface area (TPSA) is 128 Å². The summed E-state index contributed by atoms with van der Waals surface area (Å²) in [6, 6.07) is 12.6. The summed E-state index contributed by atoms with van der Waals surface area (Å²) < 4.78 is 4.84. The van der Waals surface area contributed by atoms with Gasteiger partial charge in [0.2, 0.25) is 0 Å². The van der Waals surface area contributed by atoms with Crippen LogP contribution in [-0.2, 0) is 14.3 Å². The Kier molecular flexibility index (Phi) is 7.52. The summed E-state index contributed by atoms with van der Waals surface area (Å²) in [4.78, 5) is 46.3. The Morgan fingerprint density at radius 1 is 1.11 bits per heavy atom. The van der Waals surface area contributed by atoms with Crippen LogP contribution in [0.25, 0.3) is 0 Å². The number of non-ortho nitro benzene ring substituents is 1. The highest BCUT2D eigenvalue weighted by atomic mass is 32.2. The summed E-state index contributed by atoms with van der Waals surface area (Å²) in [7, 11) is 0. The number of rotatable bonds is 7. The Morgan fingerprint density at radius 2 is 1.86 bits per heavy atom. The van der Waals surface area contributed by atoms with Crippen LogP contribution in [0.5, 0.6) is 0 Å². The Morgan fingerprint density at radius 3 is 2.57 bits per heavy atom. The average Bonchev–Trinajstić information content (AvgIpc) is 2.69. The molecule has 0 aromatic heterocycles. The molecule has 146 valence electrons. The lowest BCUT2D eigenvalue weighted by molar-refractivity contribution is -0.384. The standard InChI is InChI=1S/C18H17N3O6S/c1-12-5-2-3-8-15(12)28-11-17(23)27-10-16(22)19-20-18(24)13-6-4-7-14(9-13)21(25)26/h2-9H,10-11H2,1H3,(H,19,22)(H,20,24). The fraction of sp³-hybridized carbons (Fsp3) is 0.167. The summed E-state index contributed by atoms with van der Waals surface area (Å²) in [6.07, 6.45) is 0. The molecule has 0 unspecified atom stereocenters. The molecule has 28 heavy (non-hydrogen) atoms. The molecule has 0 atom stereocenters. The number of ether oxygens (including phenoxy) is 1. The normalized spacial score (nSPS) is 10.0. The average molecular weight is 403 g/mol. The largest absolute Gasteiger partial charge is 0.455 e. The second-order valence-corrected chi connectivity index (χ2v) is 6.54. The zero-order chi connectivity index (χ0) is 20.5. The van der Waals surface area contributed by atoms with Crippen LogP contribution >= 0.6 is 11.8 Å². The molecule has 0 radical (unpaired) electrons. The third-order valence-corrected chi connectivity index (χ3v) is 4.59. The molecular weight excluding hydrogens is 386 g/mol. The van der Waals surface area contributed by atoms with Crippen molar-refractivity contribution in [1.29, 1.82) is 0 Å². The van der Waals surface area contributed by atoms with E-state index < -0.39 is 29.3 Å². The molecule has 9 nitrogen and oxygen atoms in total. The van der Waals surface area contributed by atoms with Crippen molar-refractivity contribution in [2.24, 2.45) is 0 Å². The SMILES string of the molecule is Cc1ccccc1SCC(=O)OCC(=O)NNC(=O)c1cccc([N+](=O)[O-])c1. The van der Waals surface area contributed by atoms with E-state index in [0.29, 0.717) is 0 Å². The van der Waals surface area contributed by atoms with Crippen LogP contribution in [0, 0.1) is 17.0 Å². The van der Waals surface area contributed by atoms with Gasteiger partial charge in [-0.2, -0.15) is 0 Å². The van der Waals surface area contributed by atoms with Crippen LogP contribution < -0.4 is 10.9 Å². The number of hydrogen-bond acceptors (Lipinski definition) is 7. The van der Waals surface area contributed by atoms with E-state index in [1.165, 1.54) is 30.0 Å². The number of hydrogen-bond donors (Lipinski definition) is 2. The molecule has 0 saturated carbocycles. The summed E-state index contributed by atoms with van der Waals surface area (Å²) >= 11 is 1.29. The molecule has 0 saturated heterocycles. The maximum atomic E-state index is 11.9. The summed E-state index contributed by atoms with van der Waals surface area (Å²) in [6.45, 7) is 1.35. The summed E-state index contributed by atoms with van der Waals surface area (Å²) in [5.41, 5.74) is 4.95. The highest BCUT2D eigenvalue weighted by Gasteiger charge is 2.13. The van der Waals surface area contributed by atoms with Crippen molar-refractivity contribution in [3.63, 3.8) is 0 Å². The third kappa shape index (κ3) is 6.40. The van der Waals surface area contributed by atoms with Crippen molar-refractivity contribution in [1.82, 2.24) is 10.9 Å². The van der Waals surface area contributed by atoms with Gasteiger partial charge in [-0.05, 0) is 24.6 Å². The molecular formula is C18H17N3O6S. The first-order valence-corrected chi connectivity index (χ1v) is 9.03. The fourth-order valence-electron chi connectivity index (χ4n) is 2.04. The smallest absolute Gasteiger partial charge is 0.316 e. The highest BCUT2D eigenvalue weighted by molar-refractivity contribution is 8.00. The molecule has 2 N–H and O–H groups in total. The van der Waals surface area contributed by atoms with E-state index in [-0.39, 0.29) is 17.0 Å². The fourth-order valence-corrected chi connectivity index (χ4v) is 2.87. The molecule has 0 aliphatic heterocycles. The van der Waals surface area contributed by atoms with Crippen molar-refractivity contribution in [2.45, 2.75) is 11.8 Å². The number of aryl methyl sites for hydroxylation is 1. The van der Waals surface area contributed by atoms with Crippen molar-refractivity contribution in [3.8, 4) is 0 Å². The maximum Gasteiger partial charge on any atom is 0.316 e. The zero-order valence-electron chi connectivity index (χ0n) is 14.8. The van der Waals surface area contributed by atoms with Gasteiger partial charge in [0.05, 0.1) is 10.7 Å². The predicted octanol–water partition coefficient (Wildman–Crippen LogP) is 2.00. The van der Waals surface area contributed by atoms with Crippen LogP contribution in [0.2, 0.25) is 0 Å². The zero-order valence-corrected chi connectivity index (χ0v) is 15.7. The predicted molar refractivity (Wildman–Crippen MR) is 102 cm³/mol. The van der Waals surface area contributed by atoms with E-state index in [9.17, 15) is 24.5 Å². The quantitative estimate of drug-likeness (QED) is 0.313. The molecule has 10 heteroatoms. The van der Waals surface area contributed by atoms with Gasteiger partial charge in [0.1, 0.15) is 0 Å². The summed E-state index contributed by atoms with van der Waals surface area (Å²) in [5.74, 6) is -2.02. The van der Waals surface area contributed by atoms with Crippen molar-refractivity contribution >= 4 is 35.2 Å². The van der Waals surface area contributed by atoms with Crippen LogP contribution in [0.1, 0.15) is 15.9 Å². The second-order valence-electron chi connectivity index (χ2n) is 5.52. The number of nitrogens with zero attached hydrogens (tertiary/aromatic N) is 1. The van der Waals surface area contributed by atoms with Gasteiger partial charge in [-0.1, -0.05) is 24.3 Å². The molecule has 0 aliphatic rings. The Bertz CT molecular complexity index is 902. The number of esters is 1. The number of nitro groups is 1. The first-order valence-electron chi connectivity index (χ1n) is 8.04. The van der Waals surface area contributed by atoms with Gasteiger partial charge in [-0.3, -0.25) is 35.3 Å². The molecule has 0 spiro atoms. The summed E-state index contributed by atoms with van der Waals surface area (Å²) in [5, 5.41) is 10.7. The number of carbonyl (C=O) groups excluding carboxylic acids is 3. The van der Waals surface area contributed by atoms with E-state index in [2.05, 4.69) is 10.9 Å². The van der Waals surface area contributed by atoms with Gasteiger partial charge >= 0.3 is 5.97 Å². The van der Waals surface area contributed by atoms with Gasteiger partial charge < -0.3 is 4.74 Å². The van der Waals surface area contributed by atoms with Crippen LogP contribution in [0.3, 0.4) is 0 Å². The lowest BCUT2D eigenvalue weighted by Crippen LogP contribution is -2.43. The highest BCUT2D eigenvalue weighted by Crippen LogP contribution is 2.21. The van der Waals surface area contributed by atoms with Crippen molar-refractivity contribution in [2.75, 3.05) is 12.4 Å². The van der Waals surface area contributed by atoms with Crippen molar-refractivity contribution < 1.29 is 24.0 Å². The monoisotopic (exact) mass is 403 g/mol. The number of carbonyl (C=O) groups is 3. The maximum absolute atomic E-state index is 11.9. The number of hydrazine groups is 1. The molecule has 0 bridgehead atoms. The van der Waals surface area contributed by atoms with Gasteiger partial charge in [0.25, 0.3) is 17.5 Å². The Hall–Kier alpha value is -3.40. The number of thioether (sulfide) groups is 1. The first kappa shape index (κ1) is 20.9. The van der Waals surface area contributed by atoms with Gasteiger partial charge in [0.15, 0.2) is 6.61 Å². The van der Waals surface area contributed by atoms with Crippen LogP contribution in [0.4, 0.5) is 5.69 Å². The number of nitro benzene ring substituents is 1. The molecule has 0 heterocycles. The molecule has 0 fully saturated rings. The van der Waals surface area contributed by atoms with Gasteiger partial charge in [0, 0.05) is 22.6 Å². The number of benzene rings is 2. The number of nitrogens with one attached hydrogen (secondary N) is 2. The Balaban J connectivity index is 1.73. The minimum Gasteiger partial charge on any atom is -0.455 e. The lowest BCUT2D eigenvalue weighted by Gasteiger charge is -2.08.